The van der Waals surface area contributed by atoms with Gasteiger partial charge in [0.2, 0.25) is 0 Å². The van der Waals surface area contributed by atoms with Gasteiger partial charge in [0.1, 0.15) is 11.4 Å². The minimum Gasteiger partial charge on any atom is -0.494 e. The Bertz CT molecular complexity index is 761. The molecule has 24 heavy (non-hydrogen) atoms. The van der Waals surface area contributed by atoms with Gasteiger partial charge in [0.05, 0.1) is 13.2 Å². The van der Waals surface area contributed by atoms with E-state index in [-0.39, 0.29) is 23.3 Å². The van der Waals surface area contributed by atoms with E-state index in [1.54, 1.807) is 24.3 Å². The van der Waals surface area contributed by atoms with E-state index in [4.69, 9.17) is 15.6 Å². The third kappa shape index (κ3) is 4.49. The van der Waals surface area contributed by atoms with Gasteiger partial charge in [-0.15, -0.1) is 0 Å². The fourth-order valence-electron chi connectivity index (χ4n) is 1.86. The maximum Gasteiger partial charge on any atom is 0.277 e. The standard InChI is InChI=1S/C15H18N4O4S/c1-2-23-10-5-3-9(4-6-10)13(21)17-11-12(16)18-15(19-14(11)22)24-8-7-20/h3-6,20H,2,7-8H2,1H3,(H,17,21)(H3,16,18,19,22). The number of aliphatic hydroxyl groups is 1. The first-order valence-electron chi connectivity index (χ1n) is 7.22. The van der Waals surface area contributed by atoms with E-state index in [0.29, 0.717) is 23.7 Å². The fraction of sp³-hybridized carbons (Fsp3) is 0.267. The number of hydrogen-bond acceptors (Lipinski definition) is 7. The number of nitrogens with one attached hydrogen (secondary N) is 2. The molecular weight excluding hydrogens is 332 g/mol. The third-order valence-corrected chi connectivity index (χ3v) is 3.78. The van der Waals surface area contributed by atoms with E-state index >= 15 is 0 Å². The normalized spacial score (nSPS) is 10.4. The van der Waals surface area contributed by atoms with Crippen LogP contribution in [0.25, 0.3) is 0 Å². The molecule has 0 unspecified atom stereocenters. The van der Waals surface area contributed by atoms with Crippen LogP contribution >= 0.6 is 11.8 Å². The quantitative estimate of drug-likeness (QED) is 0.434. The highest BCUT2D eigenvalue weighted by molar-refractivity contribution is 7.99. The van der Waals surface area contributed by atoms with Crippen molar-refractivity contribution in [2.45, 2.75) is 12.1 Å². The zero-order chi connectivity index (χ0) is 17.5. The van der Waals surface area contributed by atoms with Crippen molar-refractivity contribution in [1.29, 1.82) is 0 Å². The minimum absolute atomic E-state index is 0.0511. The van der Waals surface area contributed by atoms with E-state index in [2.05, 4.69) is 15.3 Å². The van der Waals surface area contributed by atoms with Gasteiger partial charge in [0, 0.05) is 11.3 Å². The van der Waals surface area contributed by atoms with Crippen LogP contribution < -0.4 is 21.3 Å². The molecule has 0 saturated carbocycles. The lowest BCUT2D eigenvalue weighted by Crippen LogP contribution is -2.23. The summed E-state index contributed by atoms with van der Waals surface area (Å²) in [7, 11) is 0. The number of aromatic nitrogens is 2. The lowest BCUT2D eigenvalue weighted by atomic mass is 10.2. The summed E-state index contributed by atoms with van der Waals surface area (Å²) in [6, 6.07) is 6.50. The Morgan fingerprint density at radius 3 is 2.71 bits per heavy atom. The zero-order valence-corrected chi connectivity index (χ0v) is 13.9. The molecular formula is C15H18N4O4S. The third-order valence-electron chi connectivity index (χ3n) is 2.92. The number of benzene rings is 1. The van der Waals surface area contributed by atoms with Crippen LogP contribution in [0, 0.1) is 0 Å². The summed E-state index contributed by atoms with van der Waals surface area (Å²) in [6.45, 7) is 2.35. The van der Waals surface area contributed by atoms with Crippen molar-refractivity contribution < 1.29 is 14.6 Å². The highest BCUT2D eigenvalue weighted by atomic mass is 32.2. The van der Waals surface area contributed by atoms with Gasteiger partial charge < -0.3 is 20.9 Å². The number of amides is 1. The smallest absolute Gasteiger partial charge is 0.277 e. The number of thioether (sulfide) groups is 1. The molecule has 0 aliphatic carbocycles. The SMILES string of the molecule is CCOc1ccc(C(=O)Nc2c(N)nc(SCCO)[nH]c2=O)cc1. The van der Waals surface area contributed by atoms with Crippen molar-refractivity contribution in [3.63, 3.8) is 0 Å². The number of nitrogen functional groups attached to an aromatic ring is 1. The Balaban J connectivity index is 2.15. The lowest BCUT2D eigenvalue weighted by molar-refractivity contribution is 0.102. The van der Waals surface area contributed by atoms with Crippen LogP contribution in [-0.2, 0) is 0 Å². The molecule has 1 aromatic carbocycles. The highest BCUT2D eigenvalue weighted by Gasteiger charge is 2.14. The number of aliphatic hydroxyl groups excluding tert-OH is 1. The molecule has 0 saturated heterocycles. The van der Waals surface area contributed by atoms with Crippen LogP contribution in [0.4, 0.5) is 11.5 Å². The molecule has 0 radical (unpaired) electrons. The van der Waals surface area contributed by atoms with Gasteiger partial charge in [0.15, 0.2) is 11.0 Å². The minimum atomic E-state index is -0.553. The van der Waals surface area contributed by atoms with Gasteiger partial charge in [-0.3, -0.25) is 14.6 Å². The Morgan fingerprint density at radius 2 is 2.12 bits per heavy atom. The van der Waals surface area contributed by atoms with Gasteiger partial charge >= 0.3 is 0 Å². The molecule has 0 aliphatic rings. The number of nitrogens with zero attached hydrogens (tertiary/aromatic N) is 1. The molecule has 0 spiro atoms. The molecule has 1 amide bonds. The Hall–Kier alpha value is -2.52. The molecule has 128 valence electrons. The van der Waals surface area contributed by atoms with E-state index in [9.17, 15) is 9.59 Å². The number of nitrogens with two attached hydrogens (primary N) is 1. The van der Waals surface area contributed by atoms with Crippen LogP contribution in [0.15, 0.2) is 34.2 Å². The average Bonchev–Trinajstić information content (AvgIpc) is 2.57. The lowest BCUT2D eigenvalue weighted by Gasteiger charge is -2.09. The van der Waals surface area contributed by atoms with Gasteiger partial charge in [-0.05, 0) is 31.2 Å². The number of carbonyl (C=O) groups excluding carboxylic acids is 1. The van der Waals surface area contributed by atoms with Gasteiger partial charge in [0.25, 0.3) is 11.5 Å². The van der Waals surface area contributed by atoms with Crippen molar-refractivity contribution in [3.05, 3.63) is 40.2 Å². The fourth-order valence-corrected chi connectivity index (χ4v) is 2.47. The molecule has 1 heterocycles. The first kappa shape index (κ1) is 17.8. The largest absolute Gasteiger partial charge is 0.494 e. The number of carbonyl (C=O) groups is 1. The molecule has 0 atom stereocenters. The second-order valence-corrected chi connectivity index (χ2v) is 5.70. The van der Waals surface area contributed by atoms with Crippen molar-refractivity contribution in [2.75, 3.05) is 30.0 Å². The summed E-state index contributed by atoms with van der Waals surface area (Å²) in [5.41, 5.74) is 5.44. The van der Waals surface area contributed by atoms with Crippen LogP contribution in [0.5, 0.6) is 5.75 Å². The summed E-state index contributed by atoms with van der Waals surface area (Å²) < 4.78 is 5.31. The monoisotopic (exact) mass is 350 g/mol. The maximum atomic E-state index is 12.2. The predicted molar refractivity (Wildman–Crippen MR) is 92.6 cm³/mol. The molecule has 0 bridgehead atoms. The zero-order valence-electron chi connectivity index (χ0n) is 13.0. The molecule has 2 aromatic rings. The molecule has 9 heteroatoms. The predicted octanol–water partition coefficient (Wildman–Crippen LogP) is 1.09. The van der Waals surface area contributed by atoms with E-state index in [1.165, 1.54) is 0 Å². The van der Waals surface area contributed by atoms with Crippen molar-refractivity contribution >= 4 is 29.2 Å². The highest BCUT2D eigenvalue weighted by Crippen LogP contribution is 2.18. The number of ether oxygens (including phenoxy) is 1. The Kier molecular flexibility index (Phi) is 6.21. The number of H-pyrrole nitrogens is 1. The van der Waals surface area contributed by atoms with E-state index in [0.717, 1.165) is 11.8 Å². The Labute approximate surface area is 142 Å². The second-order valence-electron chi connectivity index (χ2n) is 4.61. The van der Waals surface area contributed by atoms with Crippen molar-refractivity contribution in [2.24, 2.45) is 0 Å². The average molecular weight is 350 g/mol. The van der Waals surface area contributed by atoms with Crippen LogP contribution in [0.3, 0.4) is 0 Å². The van der Waals surface area contributed by atoms with Gasteiger partial charge in [-0.25, -0.2) is 4.98 Å². The molecule has 5 N–H and O–H groups in total. The van der Waals surface area contributed by atoms with Crippen LogP contribution in [-0.4, -0.2) is 39.9 Å². The first-order chi connectivity index (χ1) is 11.5. The maximum absolute atomic E-state index is 12.2. The van der Waals surface area contributed by atoms with E-state index in [1.807, 2.05) is 6.92 Å². The van der Waals surface area contributed by atoms with Gasteiger partial charge in [-0.1, -0.05) is 11.8 Å². The number of hydrogen-bond donors (Lipinski definition) is 4. The first-order valence-corrected chi connectivity index (χ1v) is 8.21. The number of aromatic amines is 1. The molecule has 2 rings (SSSR count). The van der Waals surface area contributed by atoms with Crippen LogP contribution in [0.1, 0.15) is 17.3 Å². The summed E-state index contributed by atoms with van der Waals surface area (Å²) in [6.07, 6.45) is 0. The van der Waals surface area contributed by atoms with E-state index < -0.39 is 11.5 Å². The summed E-state index contributed by atoms with van der Waals surface area (Å²) in [4.78, 5) is 30.8. The molecule has 8 nitrogen and oxygen atoms in total. The summed E-state index contributed by atoms with van der Waals surface area (Å²) in [5.74, 6) is 0.463. The Morgan fingerprint density at radius 1 is 1.42 bits per heavy atom. The number of anilines is 2. The molecule has 1 aromatic heterocycles. The molecule has 0 aliphatic heterocycles. The summed E-state index contributed by atoms with van der Waals surface area (Å²) in [5, 5.41) is 11.5. The van der Waals surface area contributed by atoms with Crippen molar-refractivity contribution in [1.82, 2.24) is 9.97 Å². The topological polar surface area (TPSA) is 130 Å². The molecule has 0 fully saturated rings. The van der Waals surface area contributed by atoms with Crippen LogP contribution in [0.2, 0.25) is 0 Å². The second kappa shape index (κ2) is 8.37. The van der Waals surface area contributed by atoms with Gasteiger partial charge in [-0.2, -0.15) is 0 Å². The summed E-state index contributed by atoms with van der Waals surface area (Å²) >= 11 is 1.16. The van der Waals surface area contributed by atoms with Crippen molar-refractivity contribution in [3.8, 4) is 5.75 Å². The number of rotatable bonds is 7.